The van der Waals surface area contributed by atoms with Gasteiger partial charge in [0, 0.05) is 16.8 Å². The summed E-state index contributed by atoms with van der Waals surface area (Å²) in [5.41, 5.74) is 0. The van der Waals surface area contributed by atoms with Crippen LogP contribution < -0.4 is 18.9 Å². The van der Waals surface area contributed by atoms with E-state index in [1.165, 1.54) is 0 Å². The summed E-state index contributed by atoms with van der Waals surface area (Å²) >= 11 is 0. The van der Waals surface area contributed by atoms with Crippen LogP contribution in [0.4, 0.5) is 0 Å². The summed E-state index contributed by atoms with van der Waals surface area (Å²) in [6.45, 7) is 0. The number of aliphatic carboxylic acids is 2. The average molecular weight is 120 g/mol. The normalized spacial score (nSPS) is 4.89. The van der Waals surface area contributed by atoms with Crippen molar-refractivity contribution in [2.75, 3.05) is 0 Å². The third-order valence-electron chi connectivity index (χ3n) is 0.183. The fourth-order valence-corrected chi connectivity index (χ4v) is 0. The predicted octanol–water partition coefficient (Wildman–Crippen LogP) is -4.49. The van der Waals surface area contributed by atoms with Gasteiger partial charge < -0.3 is 11.6 Å². The van der Waals surface area contributed by atoms with E-state index in [-0.39, 0.29) is 37.1 Å². The van der Waals surface area contributed by atoms with Crippen molar-refractivity contribution in [2.45, 2.75) is 0 Å². The predicted molar refractivity (Wildman–Crippen MR) is 27.9 cm³/mol. The Balaban J connectivity index is -0.0000000208. The Morgan fingerprint density at radius 1 is 1.00 bits per heavy atom. The zero-order valence-corrected chi connectivity index (χ0v) is 4.87. The number of carboxylic acid groups (broad SMARTS) is 2. The van der Waals surface area contributed by atoms with Gasteiger partial charge in [-0.2, -0.15) is 0 Å². The molecule has 0 heterocycles. The Bertz CT molecular complexity index is 87.3. The zero-order valence-electron chi connectivity index (χ0n) is 5.87. The molecule has 6 radical (unpaired) electrons. The molecule has 0 saturated heterocycles. The van der Waals surface area contributed by atoms with Gasteiger partial charge in [0.05, 0.1) is 0 Å². The topological polar surface area (TPSA) is 74.6 Å². The van der Waals surface area contributed by atoms with Crippen LogP contribution in [-0.2, 0) is 9.59 Å². The van der Waals surface area contributed by atoms with E-state index >= 15 is 0 Å². The molecule has 0 bridgehead atoms. The van der Waals surface area contributed by atoms with E-state index in [0.29, 0.717) is 0 Å². The first-order chi connectivity index (χ1) is 2.64. The summed E-state index contributed by atoms with van der Waals surface area (Å²) in [5.74, 6) is -3.65. The molecule has 0 amide bonds. The summed E-state index contributed by atoms with van der Waals surface area (Å²) < 4.78 is 0. The van der Waals surface area contributed by atoms with Crippen LogP contribution in [0.5, 0.6) is 0 Å². The van der Waals surface area contributed by atoms with E-state index in [1.807, 2.05) is 0 Å². The molecule has 0 aliphatic heterocycles. The molecule has 0 aromatic rings. The van der Waals surface area contributed by atoms with Crippen LogP contribution in [0, 0.1) is 0 Å². The van der Waals surface area contributed by atoms with E-state index in [1.54, 1.807) is 0 Å². The van der Waals surface area contributed by atoms with Crippen LogP contribution in [-0.4, -0.2) is 39.0 Å². The monoisotopic (exact) mass is 120 g/mol. The van der Waals surface area contributed by atoms with Crippen molar-refractivity contribution in [3.05, 3.63) is 0 Å². The summed E-state index contributed by atoms with van der Waals surface area (Å²) in [5, 5.41) is 14.8. The smallest absolute Gasteiger partial charge is 1.00 e. The fourth-order valence-electron chi connectivity index (χ4n) is 0. The average Bonchev–Trinajstić information content (AvgIpc) is 1.36. The van der Waals surface area contributed by atoms with Crippen LogP contribution in [0.25, 0.3) is 0 Å². The van der Waals surface area contributed by atoms with Crippen LogP contribution in [0.2, 0.25) is 0 Å². The van der Waals surface area contributed by atoms with Crippen molar-refractivity contribution in [3.8, 4) is 0 Å². The first-order valence-corrected chi connectivity index (χ1v) is 1.11. The van der Waals surface area contributed by atoms with E-state index in [0.717, 1.165) is 0 Å². The van der Waals surface area contributed by atoms with Crippen LogP contribution in [0.3, 0.4) is 0 Å². The molecule has 0 fully saturated rings. The van der Waals surface area contributed by atoms with Gasteiger partial charge >= 0.3 is 30.8 Å². The Labute approximate surface area is 69.4 Å². The Hall–Kier alpha value is -0.333. The number of rotatable bonds is 0. The molecular weight excluding hydrogens is 117 g/mol. The van der Waals surface area contributed by atoms with Gasteiger partial charge in [-0.3, -0.25) is 0 Å². The third-order valence-corrected chi connectivity index (χ3v) is 0.183. The van der Waals surface area contributed by atoms with E-state index in [9.17, 15) is 0 Å². The molecule has 2 N–H and O–H groups in total. The molecule has 0 saturated carbocycles. The number of carboxylic acids is 2. The molecule has 0 rings (SSSR count). The molecule has 0 aliphatic rings. The first kappa shape index (κ1) is 23.4. The van der Waals surface area contributed by atoms with E-state index < -0.39 is 11.9 Å². The maximum Gasteiger partial charge on any atom is 1.00 e. The number of hydrogen-bond donors (Lipinski definition) is 2. The van der Waals surface area contributed by atoms with Gasteiger partial charge in [0.25, 0.3) is 0 Å². The van der Waals surface area contributed by atoms with Crippen LogP contribution >= 0.6 is 0 Å². The van der Waals surface area contributed by atoms with Gasteiger partial charge in [-0.05, 0) is 0 Å². The zero-order chi connectivity index (χ0) is 5.15. The Morgan fingerprint density at radius 3 is 1.11 bits per heavy atom. The minimum Gasteiger partial charge on any atom is -1.00 e. The second-order valence-corrected chi connectivity index (χ2v) is 0.610. The van der Waals surface area contributed by atoms with E-state index in [4.69, 9.17) is 19.8 Å². The SMILES string of the molecule is O=C(O)C(=O)O.[B].[B].[H-].[Li+]. The standard InChI is InChI=1S/C2H2O4.2B.Li.H/c3-1(4)2(5)6;;;;/h(H,3,4)(H,5,6);;;;/q;;;+1;-1. The van der Waals surface area contributed by atoms with Crippen molar-refractivity contribution in [2.24, 2.45) is 0 Å². The molecule has 0 spiro atoms. The van der Waals surface area contributed by atoms with Gasteiger partial charge in [-0.1, -0.05) is 0 Å². The van der Waals surface area contributed by atoms with Crippen molar-refractivity contribution in [1.82, 2.24) is 0 Å². The second-order valence-electron chi connectivity index (χ2n) is 0.610. The molecule has 42 valence electrons. The van der Waals surface area contributed by atoms with Crippen LogP contribution in [0.1, 0.15) is 1.43 Å². The first-order valence-electron chi connectivity index (χ1n) is 1.11. The molecular formula is C2H3B2LiO4. The molecule has 9 heavy (non-hydrogen) atoms. The molecule has 4 nitrogen and oxygen atoms in total. The van der Waals surface area contributed by atoms with Gasteiger partial charge in [-0.15, -0.1) is 0 Å². The quantitative estimate of drug-likeness (QED) is 0.249. The Morgan fingerprint density at radius 2 is 1.11 bits per heavy atom. The van der Waals surface area contributed by atoms with Gasteiger partial charge in [0.2, 0.25) is 0 Å². The fraction of sp³-hybridized carbons (Fsp3) is 0. The summed E-state index contributed by atoms with van der Waals surface area (Å²) in [4.78, 5) is 18.2. The Kier molecular flexibility index (Phi) is 27.6. The molecule has 0 aromatic carbocycles. The van der Waals surface area contributed by atoms with Gasteiger partial charge in [-0.25, -0.2) is 9.59 Å². The molecule has 7 heteroatoms. The maximum atomic E-state index is 9.10. The van der Waals surface area contributed by atoms with E-state index in [2.05, 4.69) is 0 Å². The molecule has 0 aliphatic carbocycles. The summed E-state index contributed by atoms with van der Waals surface area (Å²) in [7, 11) is 0. The van der Waals surface area contributed by atoms with Crippen LogP contribution in [0.15, 0.2) is 0 Å². The second kappa shape index (κ2) is 10.6. The minimum absolute atomic E-state index is 0. The van der Waals surface area contributed by atoms with Gasteiger partial charge in [0.1, 0.15) is 0 Å². The molecule has 0 aromatic heterocycles. The summed E-state index contributed by atoms with van der Waals surface area (Å²) in [6.07, 6.45) is 0. The number of hydrogen-bond acceptors (Lipinski definition) is 2. The van der Waals surface area contributed by atoms with Crippen molar-refractivity contribution in [1.29, 1.82) is 0 Å². The molecule has 0 unspecified atom stereocenters. The minimum atomic E-state index is -1.82. The van der Waals surface area contributed by atoms with Crippen molar-refractivity contribution >= 4 is 28.8 Å². The third kappa shape index (κ3) is 18.3. The summed E-state index contributed by atoms with van der Waals surface area (Å²) in [6, 6.07) is 0. The van der Waals surface area contributed by atoms with Crippen molar-refractivity contribution in [3.63, 3.8) is 0 Å². The molecule has 0 atom stereocenters. The largest absolute Gasteiger partial charge is 1.00 e. The number of carbonyl (C=O) groups is 2. The van der Waals surface area contributed by atoms with Gasteiger partial charge in [0.15, 0.2) is 0 Å². The maximum absolute atomic E-state index is 9.10. The van der Waals surface area contributed by atoms with Crippen molar-refractivity contribution < 1.29 is 40.1 Å².